The normalized spacial score (nSPS) is 17.6. The Labute approximate surface area is 225 Å². The largest absolute Gasteiger partial charge is 0.489 e. The summed E-state index contributed by atoms with van der Waals surface area (Å²) in [5.41, 5.74) is 4.35. The van der Waals surface area contributed by atoms with Crippen molar-refractivity contribution in [2.45, 2.75) is 45.3 Å². The molecule has 38 heavy (non-hydrogen) atoms. The molecule has 1 aliphatic heterocycles. The number of hydrogen-bond donors (Lipinski definition) is 1. The number of allylic oxidation sites excluding steroid dienone is 4. The van der Waals surface area contributed by atoms with E-state index < -0.39 is 5.97 Å². The van der Waals surface area contributed by atoms with Crippen LogP contribution in [-0.4, -0.2) is 32.3 Å². The first-order valence-electron chi connectivity index (χ1n) is 13.1. The van der Waals surface area contributed by atoms with Gasteiger partial charge in [0.05, 0.1) is 7.11 Å². The number of esters is 1. The molecule has 5 nitrogen and oxygen atoms in total. The van der Waals surface area contributed by atoms with Crippen molar-refractivity contribution in [1.82, 2.24) is 5.32 Å². The lowest BCUT2D eigenvalue weighted by atomic mass is 9.84. The molecule has 3 aromatic carbocycles. The number of hydrogen-bond acceptors (Lipinski definition) is 5. The van der Waals surface area contributed by atoms with Gasteiger partial charge in [-0.15, -0.1) is 0 Å². The summed E-state index contributed by atoms with van der Waals surface area (Å²) in [5, 5.41) is 6.21. The molecule has 0 saturated heterocycles. The van der Waals surface area contributed by atoms with Crippen molar-refractivity contribution in [3.63, 3.8) is 0 Å². The Morgan fingerprint density at radius 3 is 2.61 bits per heavy atom. The van der Waals surface area contributed by atoms with Crippen LogP contribution < -0.4 is 10.1 Å². The highest BCUT2D eigenvalue weighted by atomic mass is 16.6. The van der Waals surface area contributed by atoms with E-state index in [1.165, 1.54) is 23.4 Å². The molecule has 3 atom stereocenters. The van der Waals surface area contributed by atoms with Gasteiger partial charge in [0.15, 0.2) is 6.61 Å². The van der Waals surface area contributed by atoms with Crippen LogP contribution in [0.3, 0.4) is 0 Å². The van der Waals surface area contributed by atoms with E-state index in [2.05, 4.69) is 67.4 Å². The van der Waals surface area contributed by atoms with Gasteiger partial charge in [0.25, 0.3) is 0 Å². The predicted molar refractivity (Wildman–Crippen MR) is 153 cm³/mol. The Bertz CT molecular complexity index is 1350. The van der Waals surface area contributed by atoms with Crippen molar-refractivity contribution in [2.75, 3.05) is 20.3 Å². The molecule has 3 aromatic rings. The molecule has 0 bridgehead atoms. The first-order valence-corrected chi connectivity index (χ1v) is 13.1. The second-order valence-electron chi connectivity index (χ2n) is 9.97. The lowest BCUT2D eigenvalue weighted by Gasteiger charge is -2.33. The maximum atomic E-state index is 11.7. The van der Waals surface area contributed by atoms with Crippen molar-refractivity contribution in [1.29, 1.82) is 0 Å². The Morgan fingerprint density at radius 2 is 1.82 bits per heavy atom. The van der Waals surface area contributed by atoms with Crippen molar-refractivity contribution < 1.29 is 19.0 Å². The summed E-state index contributed by atoms with van der Waals surface area (Å²) in [4.78, 5) is 11.7. The van der Waals surface area contributed by atoms with Crippen LogP contribution >= 0.6 is 0 Å². The summed E-state index contributed by atoms with van der Waals surface area (Å²) >= 11 is 0. The standard InChI is InChI=1S/C33H37NO4/c1-22(2)17-26(37-21-33(35)36-5)18-23(3)31-19-27(38-32-16-9-8-14-30(31)32)20-34-24(4)28-15-10-12-25-11-6-7-13-29(25)28/h6-18,24,27,31,34H,3,19-21H2,1-2,4-5H3/b26-18+/t24-,27-,31+/m1/s1. The van der Waals surface area contributed by atoms with Crippen LogP contribution in [0, 0.1) is 0 Å². The number of para-hydroxylation sites is 1. The summed E-state index contributed by atoms with van der Waals surface area (Å²) < 4.78 is 16.9. The molecule has 0 unspecified atom stereocenters. The molecule has 0 aliphatic carbocycles. The molecule has 0 amide bonds. The number of fused-ring (bicyclic) bond motifs is 2. The fourth-order valence-corrected chi connectivity index (χ4v) is 4.91. The topological polar surface area (TPSA) is 56.8 Å². The van der Waals surface area contributed by atoms with E-state index in [0.29, 0.717) is 12.3 Å². The van der Waals surface area contributed by atoms with Crippen molar-refractivity contribution >= 4 is 16.7 Å². The number of benzene rings is 3. The summed E-state index contributed by atoms with van der Waals surface area (Å²) in [7, 11) is 1.35. The van der Waals surface area contributed by atoms with Crippen LogP contribution in [0.15, 0.2) is 102 Å². The number of ether oxygens (including phenoxy) is 3. The van der Waals surface area contributed by atoms with Crippen molar-refractivity contribution in [3.05, 3.63) is 113 Å². The third-order valence-corrected chi connectivity index (χ3v) is 6.82. The van der Waals surface area contributed by atoms with Crippen molar-refractivity contribution in [3.8, 4) is 5.75 Å². The van der Waals surface area contributed by atoms with Gasteiger partial charge in [-0.05, 0) is 67.3 Å². The third kappa shape index (κ3) is 6.73. The van der Waals surface area contributed by atoms with E-state index in [9.17, 15) is 4.79 Å². The zero-order chi connectivity index (χ0) is 27.1. The quantitative estimate of drug-likeness (QED) is 0.180. The number of methoxy groups -OCH3 is 1. The van der Waals surface area contributed by atoms with E-state index in [1.807, 2.05) is 44.2 Å². The summed E-state index contributed by atoms with van der Waals surface area (Å²) in [6, 6.07) is 23.2. The van der Waals surface area contributed by atoms with Crippen LogP contribution in [0.1, 0.15) is 50.3 Å². The van der Waals surface area contributed by atoms with E-state index >= 15 is 0 Å². The lowest BCUT2D eigenvalue weighted by molar-refractivity contribution is -0.144. The molecule has 1 aliphatic rings. The van der Waals surface area contributed by atoms with E-state index in [0.717, 1.165) is 28.9 Å². The molecule has 1 N–H and O–H groups in total. The lowest BCUT2D eigenvalue weighted by Crippen LogP contribution is -2.37. The highest BCUT2D eigenvalue weighted by Crippen LogP contribution is 2.40. The van der Waals surface area contributed by atoms with E-state index in [1.54, 1.807) is 0 Å². The van der Waals surface area contributed by atoms with Crippen molar-refractivity contribution in [2.24, 2.45) is 0 Å². The van der Waals surface area contributed by atoms with Gasteiger partial charge in [0, 0.05) is 24.1 Å². The maximum Gasteiger partial charge on any atom is 0.343 e. The van der Waals surface area contributed by atoms with Gasteiger partial charge in [0.2, 0.25) is 0 Å². The number of nitrogens with one attached hydrogen (secondary N) is 1. The average molecular weight is 512 g/mol. The smallest absolute Gasteiger partial charge is 0.343 e. The van der Waals surface area contributed by atoms with Crippen LogP contribution in [0.4, 0.5) is 0 Å². The first-order chi connectivity index (χ1) is 18.4. The van der Waals surface area contributed by atoms with E-state index in [-0.39, 0.29) is 24.7 Å². The number of rotatable bonds is 10. The summed E-state index contributed by atoms with van der Waals surface area (Å²) in [6.07, 6.45) is 4.58. The monoisotopic (exact) mass is 511 g/mol. The maximum absolute atomic E-state index is 11.7. The highest BCUT2D eigenvalue weighted by molar-refractivity contribution is 5.86. The minimum atomic E-state index is -0.425. The minimum absolute atomic E-state index is 0.0274. The molecular formula is C33H37NO4. The Kier molecular flexibility index (Phi) is 9.03. The predicted octanol–water partition coefficient (Wildman–Crippen LogP) is 7.02. The number of carbonyl (C=O) groups is 1. The average Bonchev–Trinajstić information content (AvgIpc) is 2.93. The van der Waals surface area contributed by atoms with Crippen LogP contribution in [0.2, 0.25) is 0 Å². The fraction of sp³-hybridized carbons (Fsp3) is 0.303. The van der Waals surface area contributed by atoms with Gasteiger partial charge in [-0.25, -0.2) is 4.79 Å². The van der Waals surface area contributed by atoms with Crippen LogP contribution in [0.25, 0.3) is 10.8 Å². The molecular weight excluding hydrogens is 474 g/mol. The third-order valence-electron chi connectivity index (χ3n) is 6.82. The fourth-order valence-electron chi connectivity index (χ4n) is 4.91. The number of carbonyl (C=O) groups excluding carboxylic acids is 1. The summed E-state index contributed by atoms with van der Waals surface area (Å²) in [6.45, 7) is 11.1. The van der Waals surface area contributed by atoms with E-state index in [4.69, 9.17) is 14.2 Å². The molecule has 1 heterocycles. The zero-order valence-corrected chi connectivity index (χ0v) is 22.7. The first kappa shape index (κ1) is 27.2. The second-order valence-corrected chi connectivity index (χ2v) is 9.97. The Hall–Kier alpha value is -3.83. The highest BCUT2D eigenvalue weighted by Gasteiger charge is 2.30. The van der Waals surface area contributed by atoms with Gasteiger partial charge in [-0.2, -0.15) is 0 Å². The van der Waals surface area contributed by atoms with Gasteiger partial charge in [0.1, 0.15) is 17.6 Å². The molecule has 198 valence electrons. The second kappa shape index (κ2) is 12.6. The SMILES string of the molecule is C=C(/C=C(\C=C(C)C)OCC(=O)OC)[C@@H]1C[C@H](CN[C@H](C)c2cccc3ccccc23)Oc2ccccc21. The van der Waals surface area contributed by atoms with Gasteiger partial charge in [-0.3, -0.25) is 0 Å². The zero-order valence-electron chi connectivity index (χ0n) is 22.7. The molecule has 0 spiro atoms. The van der Waals surface area contributed by atoms with Gasteiger partial charge >= 0.3 is 5.97 Å². The van der Waals surface area contributed by atoms with Crippen LogP contribution in [-0.2, 0) is 14.3 Å². The Morgan fingerprint density at radius 1 is 1.08 bits per heavy atom. The molecule has 0 fully saturated rings. The molecule has 0 radical (unpaired) electrons. The Balaban J connectivity index is 1.51. The van der Waals surface area contributed by atoms with Crippen LogP contribution in [0.5, 0.6) is 5.75 Å². The molecule has 5 heteroatoms. The minimum Gasteiger partial charge on any atom is -0.489 e. The molecule has 0 saturated carbocycles. The molecule has 0 aromatic heterocycles. The molecule has 4 rings (SSSR count). The van der Waals surface area contributed by atoms with Gasteiger partial charge < -0.3 is 19.5 Å². The van der Waals surface area contributed by atoms with Gasteiger partial charge in [-0.1, -0.05) is 72.8 Å². The summed E-state index contributed by atoms with van der Waals surface area (Å²) in [5.74, 6) is 1.10.